The normalized spacial score (nSPS) is 10.0. The largest absolute Gasteiger partial charge is 0.358 e. The lowest BCUT2D eigenvalue weighted by atomic mass is 10.2. The van der Waals surface area contributed by atoms with Gasteiger partial charge in [-0.25, -0.2) is 4.98 Å². The molecule has 0 aromatic carbocycles. The van der Waals surface area contributed by atoms with Crippen molar-refractivity contribution in [3.63, 3.8) is 0 Å². The highest BCUT2D eigenvalue weighted by Crippen LogP contribution is 2.24. The Hall–Kier alpha value is -1.79. The van der Waals surface area contributed by atoms with Crippen molar-refractivity contribution in [3.8, 4) is 6.07 Å². The molecular weight excluding hydrogens is 198 g/mol. The number of hydrogen-bond acceptors (Lipinski definition) is 2. The molecule has 0 aliphatic carbocycles. The Morgan fingerprint density at radius 1 is 1.64 bits per heavy atom. The predicted octanol–water partition coefficient (Wildman–Crippen LogP) is 2.73. The second kappa shape index (κ2) is 3.17. The van der Waals surface area contributed by atoms with Gasteiger partial charge in [0, 0.05) is 11.8 Å². The maximum atomic E-state index is 8.75. The Labute approximate surface area is 85.6 Å². The first-order chi connectivity index (χ1) is 6.76. The van der Waals surface area contributed by atoms with Gasteiger partial charge >= 0.3 is 0 Å². The predicted molar refractivity (Wildman–Crippen MR) is 55.9 cm³/mol. The fourth-order valence-corrected chi connectivity index (χ4v) is 1.50. The van der Waals surface area contributed by atoms with Crippen LogP contribution >= 0.6 is 11.6 Å². The Kier molecular flexibility index (Phi) is 1.99. The van der Waals surface area contributed by atoms with Gasteiger partial charge in [0.2, 0.25) is 0 Å². The third-order valence-corrected chi connectivity index (χ3v) is 2.24. The van der Waals surface area contributed by atoms with Crippen molar-refractivity contribution in [1.29, 1.82) is 5.26 Å². The molecule has 2 heterocycles. The van der Waals surface area contributed by atoms with Crippen LogP contribution in [0.1, 0.15) is 11.3 Å². The monoisotopic (exact) mass is 203 g/mol. The van der Waals surface area contributed by atoms with Crippen molar-refractivity contribution in [2.75, 3.05) is 0 Å². The number of nitrogens with zero attached hydrogens (tertiary/aromatic N) is 2. The second-order valence-electron chi connectivity index (χ2n) is 2.77. The summed E-state index contributed by atoms with van der Waals surface area (Å²) in [4.78, 5) is 7.07. The molecule has 0 bridgehead atoms. The molecular formula is C10H6ClN3. The number of halogens is 1. The summed E-state index contributed by atoms with van der Waals surface area (Å²) in [7, 11) is 0. The van der Waals surface area contributed by atoms with Crippen LogP contribution in [0.3, 0.4) is 0 Å². The minimum absolute atomic E-state index is 0.342. The van der Waals surface area contributed by atoms with Crippen molar-refractivity contribution in [2.24, 2.45) is 0 Å². The van der Waals surface area contributed by atoms with Gasteiger partial charge in [-0.15, -0.1) is 0 Å². The van der Waals surface area contributed by atoms with Crippen LogP contribution in [0.15, 0.2) is 18.8 Å². The van der Waals surface area contributed by atoms with Crippen LogP contribution in [0.2, 0.25) is 5.02 Å². The summed E-state index contributed by atoms with van der Waals surface area (Å²) in [5, 5.41) is 9.26. The van der Waals surface area contributed by atoms with Crippen molar-refractivity contribution in [1.82, 2.24) is 9.97 Å². The molecule has 0 aliphatic heterocycles. The van der Waals surface area contributed by atoms with Crippen LogP contribution in [0.5, 0.6) is 0 Å². The summed E-state index contributed by atoms with van der Waals surface area (Å²) in [6.07, 6.45) is 3.31. The molecule has 0 saturated carbocycles. The molecule has 0 fully saturated rings. The summed E-state index contributed by atoms with van der Waals surface area (Å²) in [6.45, 7) is 3.67. The first-order valence-electron chi connectivity index (χ1n) is 3.96. The van der Waals surface area contributed by atoms with E-state index >= 15 is 0 Å². The lowest BCUT2D eigenvalue weighted by molar-refractivity contribution is 1.32. The summed E-state index contributed by atoms with van der Waals surface area (Å²) in [6, 6.07) is 3.65. The Bertz CT molecular complexity index is 548. The van der Waals surface area contributed by atoms with Gasteiger partial charge < -0.3 is 4.98 Å². The van der Waals surface area contributed by atoms with Gasteiger partial charge in [0.15, 0.2) is 0 Å². The fourth-order valence-electron chi connectivity index (χ4n) is 1.31. The Morgan fingerprint density at radius 3 is 3.07 bits per heavy atom. The average molecular weight is 204 g/mol. The number of pyridine rings is 1. The zero-order chi connectivity index (χ0) is 10.1. The van der Waals surface area contributed by atoms with E-state index in [1.54, 1.807) is 18.3 Å². The number of nitriles is 1. The van der Waals surface area contributed by atoms with Gasteiger partial charge in [0.05, 0.1) is 10.5 Å². The van der Waals surface area contributed by atoms with E-state index in [1.807, 2.05) is 6.07 Å². The topological polar surface area (TPSA) is 52.5 Å². The van der Waals surface area contributed by atoms with Gasteiger partial charge in [0.1, 0.15) is 17.3 Å². The van der Waals surface area contributed by atoms with Gasteiger partial charge in [0.25, 0.3) is 0 Å². The number of hydrogen-bond donors (Lipinski definition) is 1. The number of aromatic amines is 1. The van der Waals surface area contributed by atoms with E-state index in [4.69, 9.17) is 16.9 Å². The highest BCUT2D eigenvalue weighted by Gasteiger charge is 2.07. The minimum Gasteiger partial charge on any atom is -0.358 e. The quantitative estimate of drug-likeness (QED) is 0.775. The first-order valence-corrected chi connectivity index (χ1v) is 4.34. The summed E-state index contributed by atoms with van der Waals surface area (Å²) in [5.74, 6) is 0. The molecule has 0 spiro atoms. The lowest BCUT2D eigenvalue weighted by Crippen LogP contribution is -1.86. The molecule has 0 unspecified atom stereocenters. The molecule has 0 amide bonds. The highest BCUT2D eigenvalue weighted by molar-refractivity contribution is 6.35. The number of rotatable bonds is 1. The third-order valence-electron chi connectivity index (χ3n) is 1.95. The molecule has 3 nitrogen and oxygen atoms in total. The van der Waals surface area contributed by atoms with Crippen LogP contribution in [-0.4, -0.2) is 9.97 Å². The molecule has 2 aromatic heterocycles. The van der Waals surface area contributed by atoms with Crippen molar-refractivity contribution < 1.29 is 0 Å². The number of fused-ring (bicyclic) bond motifs is 1. The van der Waals surface area contributed by atoms with Crippen LogP contribution in [-0.2, 0) is 0 Å². The molecule has 0 saturated heterocycles. The lowest BCUT2D eigenvalue weighted by Gasteiger charge is -1.97. The van der Waals surface area contributed by atoms with E-state index in [0.29, 0.717) is 16.2 Å². The summed E-state index contributed by atoms with van der Waals surface area (Å²) < 4.78 is 0. The third kappa shape index (κ3) is 1.17. The van der Waals surface area contributed by atoms with Crippen LogP contribution in [0, 0.1) is 11.3 Å². The summed E-state index contributed by atoms with van der Waals surface area (Å²) in [5.41, 5.74) is 2.59. The number of H-pyrrole nitrogens is 1. The van der Waals surface area contributed by atoms with Crippen molar-refractivity contribution in [2.45, 2.75) is 0 Å². The molecule has 0 aliphatic rings. The van der Waals surface area contributed by atoms with Crippen molar-refractivity contribution in [3.05, 3.63) is 35.1 Å². The first kappa shape index (κ1) is 8.79. The minimum atomic E-state index is 0.342. The van der Waals surface area contributed by atoms with Crippen LogP contribution in [0.25, 0.3) is 17.1 Å². The number of aromatic nitrogens is 2. The molecule has 68 valence electrons. The summed E-state index contributed by atoms with van der Waals surface area (Å²) >= 11 is 5.89. The Balaban J connectivity index is 2.91. The SMILES string of the molecule is C=Cc1cc(C#N)nc2c(Cl)c[nH]c12. The van der Waals surface area contributed by atoms with E-state index in [9.17, 15) is 0 Å². The van der Waals surface area contributed by atoms with Gasteiger partial charge in [-0.1, -0.05) is 24.3 Å². The highest BCUT2D eigenvalue weighted by atomic mass is 35.5. The van der Waals surface area contributed by atoms with E-state index in [-0.39, 0.29) is 0 Å². The molecule has 2 aromatic rings. The van der Waals surface area contributed by atoms with Gasteiger partial charge in [-0.05, 0) is 6.07 Å². The van der Waals surface area contributed by atoms with Crippen LogP contribution in [0.4, 0.5) is 0 Å². The second-order valence-corrected chi connectivity index (χ2v) is 3.18. The van der Waals surface area contributed by atoms with E-state index in [2.05, 4.69) is 16.5 Å². The zero-order valence-electron chi connectivity index (χ0n) is 7.21. The molecule has 0 radical (unpaired) electrons. The average Bonchev–Trinajstić information content (AvgIpc) is 2.59. The maximum Gasteiger partial charge on any atom is 0.141 e. The molecule has 0 atom stereocenters. The fraction of sp³-hybridized carbons (Fsp3) is 0. The van der Waals surface area contributed by atoms with Gasteiger partial charge in [-0.3, -0.25) is 0 Å². The molecule has 1 N–H and O–H groups in total. The molecule has 14 heavy (non-hydrogen) atoms. The molecule has 4 heteroatoms. The van der Waals surface area contributed by atoms with E-state index < -0.39 is 0 Å². The zero-order valence-corrected chi connectivity index (χ0v) is 7.97. The van der Waals surface area contributed by atoms with Crippen LogP contribution < -0.4 is 0 Å². The molecule has 2 rings (SSSR count). The standard InChI is InChI=1S/C10H6ClN3/c1-2-6-3-7(4-12)14-10-8(11)5-13-9(6)10/h2-3,5,13H,1H2. The van der Waals surface area contributed by atoms with E-state index in [0.717, 1.165) is 11.1 Å². The maximum absolute atomic E-state index is 8.75. The van der Waals surface area contributed by atoms with E-state index in [1.165, 1.54) is 0 Å². The Morgan fingerprint density at radius 2 is 2.43 bits per heavy atom. The van der Waals surface area contributed by atoms with Gasteiger partial charge in [-0.2, -0.15) is 5.26 Å². The number of nitrogens with one attached hydrogen (secondary N) is 1. The van der Waals surface area contributed by atoms with Crippen molar-refractivity contribution >= 4 is 28.7 Å². The smallest absolute Gasteiger partial charge is 0.141 e.